The van der Waals surface area contributed by atoms with Gasteiger partial charge in [-0.2, -0.15) is 0 Å². The summed E-state index contributed by atoms with van der Waals surface area (Å²) in [5.41, 5.74) is 2.40. The van der Waals surface area contributed by atoms with Crippen molar-refractivity contribution < 1.29 is 4.79 Å². The zero-order chi connectivity index (χ0) is 15.2. The lowest BCUT2D eigenvalue weighted by atomic mass is 9.78. The molecule has 0 saturated heterocycles. The van der Waals surface area contributed by atoms with E-state index in [0.29, 0.717) is 16.5 Å². The van der Waals surface area contributed by atoms with Gasteiger partial charge in [-0.3, -0.25) is 4.79 Å². The van der Waals surface area contributed by atoms with Gasteiger partial charge in [-0.15, -0.1) is 0 Å². The van der Waals surface area contributed by atoms with Crippen LogP contribution in [-0.4, -0.2) is 13.0 Å². The number of likely N-dealkylation sites (N-methyl/N-ethyl adjacent to an activating group) is 1. The van der Waals surface area contributed by atoms with Gasteiger partial charge in [-0.25, -0.2) is 0 Å². The fourth-order valence-electron chi connectivity index (χ4n) is 3.02. The Morgan fingerprint density at radius 3 is 2.33 bits per heavy atom. The molecule has 3 rings (SSSR count). The Morgan fingerprint density at radius 1 is 1.05 bits per heavy atom. The van der Waals surface area contributed by atoms with Gasteiger partial charge in [0.1, 0.15) is 0 Å². The molecule has 0 bridgehead atoms. The van der Waals surface area contributed by atoms with E-state index in [4.69, 9.17) is 23.2 Å². The molecular weight excluding hydrogens is 305 g/mol. The number of halogens is 2. The van der Waals surface area contributed by atoms with Crippen molar-refractivity contribution in [3.63, 3.8) is 0 Å². The highest BCUT2D eigenvalue weighted by molar-refractivity contribution is 6.31. The summed E-state index contributed by atoms with van der Waals surface area (Å²) in [5.74, 6) is 0.0923. The zero-order valence-corrected chi connectivity index (χ0v) is 13.4. The summed E-state index contributed by atoms with van der Waals surface area (Å²) >= 11 is 12.0. The van der Waals surface area contributed by atoms with Gasteiger partial charge < -0.3 is 4.90 Å². The molecule has 0 aliphatic carbocycles. The van der Waals surface area contributed by atoms with Crippen molar-refractivity contribution in [2.45, 2.75) is 18.8 Å². The number of rotatable bonds is 2. The van der Waals surface area contributed by atoms with Crippen molar-refractivity contribution in [3.8, 4) is 0 Å². The predicted octanol–water partition coefficient (Wildman–Crippen LogP) is 4.47. The second kappa shape index (κ2) is 5.04. The van der Waals surface area contributed by atoms with Crippen LogP contribution in [-0.2, 0) is 16.6 Å². The van der Waals surface area contributed by atoms with Crippen LogP contribution >= 0.6 is 23.2 Å². The van der Waals surface area contributed by atoms with Crippen molar-refractivity contribution in [2.24, 2.45) is 0 Å². The summed E-state index contributed by atoms with van der Waals surface area (Å²) in [7, 11) is 1.81. The molecule has 0 aromatic heterocycles. The van der Waals surface area contributed by atoms with Gasteiger partial charge in [0, 0.05) is 22.8 Å². The van der Waals surface area contributed by atoms with Crippen LogP contribution in [0.1, 0.15) is 18.1 Å². The Labute approximate surface area is 134 Å². The van der Waals surface area contributed by atoms with Gasteiger partial charge >= 0.3 is 0 Å². The van der Waals surface area contributed by atoms with Crippen molar-refractivity contribution in [1.29, 1.82) is 0 Å². The summed E-state index contributed by atoms with van der Waals surface area (Å²) in [4.78, 5) is 14.4. The fraction of sp³-hybridized carbons (Fsp3) is 0.235. The second-order valence-electron chi connectivity index (χ2n) is 5.66. The van der Waals surface area contributed by atoms with Crippen LogP contribution in [0.5, 0.6) is 0 Å². The summed E-state index contributed by atoms with van der Waals surface area (Å²) < 4.78 is 0. The van der Waals surface area contributed by atoms with Crippen LogP contribution in [0.2, 0.25) is 10.0 Å². The number of fused-ring (bicyclic) bond motifs is 1. The lowest BCUT2D eigenvalue weighted by Gasteiger charge is -2.23. The maximum Gasteiger partial charge on any atom is 0.237 e. The second-order valence-corrected chi connectivity index (χ2v) is 6.53. The van der Waals surface area contributed by atoms with Crippen LogP contribution in [0.25, 0.3) is 0 Å². The minimum atomic E-state index is -0.594. The normalized spacial score (nSPS) is 20.8. The summed E-state index contributed by atoms with van der Waals surface area (Å²) in [6.07, 6.45) is 0.626. The molecule has 1 heterocycles. The minimum Gasteiger partial charge on any atom is -0.314 e. The molecule has 0 radical (unpaired) electrons. The SMILES string of the molecule is CN1C(=O)C(C)(Cc2ccc(Cl)cc2)c2cc(Cl)ccc21. The molecule has 4 heteroatoms. The molecule has 0 N–H and O–H groups in total. The summed E-state index contributed by atoms with van der Waals surface area (Å²) in [6, 6.07) is 13.2. The Morgan fingerprint density at radius 2 is 1.67 bits per heavy atom. The Balaban J connectivity index is 2.06. The van der Waals surface area contributed by atoms with Crippen LogP contribution in [0.3, 0.4) is 0 Å². The molecule has 1 atom stereocenters. The number of amides is 1. The van der Waals surface area contributed by atoms with E-state index in [2.05, 4.69) is 0 Å². The zero-order valence-electron chi connectivity index (χ0n) is 11.9. The number of nitrogens with zero attached hydrogens (tertiary/aromatic N) is 1. The van der Waals surface area contributed by atoms with Gasteiger partial charge in [-0.05, 0) is 54.8 Å². The monoisotopic (exact) mass is 319 g/mol. The number of hydrogen-bond donors (Lipinski definition) is 0. The molecule has 1 aliphatic heterocycles. The summed E-state index contributed by atoms with van der Waals surface area (Å²) in [5, 5.41) is 1.35. The Bertz CT molecular complexity index is 711. The smallest absolute Gasteiger partial charge is 0.237 e. The quantitative estimate of drug-likeness (QED) is 0.799. The molecule has 1 amide bonds. The summed E-state index contributed by atoms with van der Waals surface area (Å²) in [6.45, 7) is 1.97. The Kier molecular flexibility index (Phi) is 3.46. The molecule has 1 aliphatic rings. The number of carbonyl (C=O) groups excluding carboxylic acids is 1. The maximum absolute atomic E-state index is 12.7. The average Bonchev–Trinajstić information content (AvgIpc) is 2.64. The van der Waals surface area contributed by atoms with Crippen LogP contribution < -0.4 is 4.90 Å². The van der Waals surface area contributed by atoms with E-state index in [1.165, 1.54) is 0 Å². The lowest BCUT2D eigenvalue weighted by Crippen LogP contribution is -2.37. The van der Waals surface area contributed by atoms with E-state index >= 15 is 0 Å². The largest absolute Gasteiger partial charge is 0.314 e. The van der Waals surface area contributed by atoms with E-state index in [9.17, 15) is 4.79 Å². The Hall–Kier alpha value is -1.51. The molecule has 21 heavy (non-hydrogen) atoms. The standard InChI is InChI=1S/C17H15Cl2NO/c1-17(10-11-3-5-12(18)6-4-11)14-9-13(19)7-8-15(14)20(2)16(17)21/h3-9H,10H2,1-2H3. The van der Waals surface area contributed by atoms with Gasteiger partial charge in [0.25, 0.3) is 0 Å². The fourth-order valence-corrected chi connectivity index (χ4v) is 3.32. The highest BCUT2D eigenvalue weighted by Crippen LogP contribution is 2.44. The van der Waals surface area contributed by atoms with E-state index in [1.807, 2.05) is 56.4 Å². The van der Waals surface area contributed by atoms with E-state index in [0.717, 1.165) is 16.8 Å². The molecule has 108 valence electrons. The van der Waals surface area contributed by atoms with Crippen LogP contribution in [0.4, 0.5) is 5.69 Å². The van der Waals surface area contributed by atoms with Crippen LogP contribution in [0.15, 0.2) is 42.5 Å². The van der Waals surface area contributed by atoms with Crippen molar-refractivity contribution in [2.75, 3.05) is 11.9 Å². The number of hydrogen-bond acceptors (Lipinski definition) is 1. The van der Waals surface area contributed by atoms with Gasteiger partial charge in [0.05, 0.1) is 5.41 Å². The third-order valence-corrected chi connectivity index (χ3v) is 4.65. The molecule has 2 aromatic rings. The van der Waals surface area contributed by atoms with E-state index in [1.54, 1.807) is 4.90 Å². The molecule has 0 spiro atoms. The first-order valence-electron chi connectivity index (χ1n) is 6.74. The first-order valence-corrected chi connectivity index (χ1v) is 7.50. The number of anilines is 1. The average molecular weight is 320 g/mol. The van der Waals surface area contributed by atoms with Gasteiger partial charge in [-0.1, -0.05) is 35.3 Å². The minimum absolute atomic E-state index is 0.0923. The maximum atomic E-state index is 12.7. The first kappa shape index (κ1) is 14.4. The predicted molar refractivity (Wildman–Crippen MR) is 87.4 cm³/mol. The van der Waals surface area contributed by atoms with Crippen molar-refractivity contribution >= 4 is 34.8 Å². The third-order valence-electron chi connectivity index (χ3n) is 4.16. The van der Waals surface area contributed by atoms with Crippen molar-refractivity contribution in [1.82, 2.24) is 0 Å². The molecule has 0 fully saturated rings. The molecule has 1 unspecified atom stereocenters. The highest BCUT2D eigenvalue weighted by atomic mass is 35.5. The molecule has 2 aromatic carbocycles. The third kappa shape index (κ3) is 2.33. The highest BCUT2D eigenvalue weighted by Gasteiger charge is 2.45. The molecular formula is C17H15Cl2NO. The van der Waals surface area contributed by atoms with Crippen LogP contribution in [0, 0.1) is 0 Å². The topological polar surface area (TPSA) is 20.3 Å². The molecule has 0 saturated carbocycles. The number of benzene rings is 2. The molecule has 2 nitrogen and oxygen atoms in total. The first-order chi connectivity index (χ1) is 9.91. The van der Waals surface area contributed by atoms with E-state index in [-0.39, 0.29) is 5.91 Å². The van der Waals surface area contributed by atoms with Gasteiger partial charge in [0.2, 0.25) is 5.91 Å². The lowest BCUT2D eigenvalue weighted by molar-refractivity contribution is -0.122. The van der Waals surface area contributed by atoms with Crippen molar-refractivity contribution in [3.05, 3.63) is 63.6 Å². The number of carbonyl (C=O) groups is 1. The van der Waals surface area contributed by atoms with E-state index < -0.39 is 5.41 Å². The van der Waals surface area contributed by atoms with Gasteiger partial charge in [0.15, 0.2) is 0 Å².